The number of rotatable bonds is 1. The third-order valence-electron chi connectivity index (χ3n) is 3.57. The number of hydrogen-bond donors (Lipinski definition) is 0. The van der Waals surface area contributed by atoms with Crippen LogP contribution in [0.4, 0.5) is 19.0 Å². The highest BCUT2D eigenvalue weighted by Gasteiger charge is 2.32. The lowest BCUT2D eigenvalue weighted by molar-refractivity contribution is -0.137. The molecule has 0 saturated heterocycles. The molecule has 0 radical (unpaired) electrons. The monoisotopic (exact) mass is 304 g/mol. The third-order valence-corrected chi connectivity index (χ3v) is 3.57. The predicted molar refractivity (Wildman–Crippen MR) is 72.9 cm³/mol. The highest BCUT2D eigenvalue weighted by atomic mass is 19.4. The van der Waals surface area contributed by atoms with Gasteiger partial charge in [0.05, 0.1) is 11.1 Å². The van der Waals surface area contributed by atoms with Crippen LogP contribution in [0.3, 0.4) is 0 Å². The summed E-state index contributed by atoms with van der Waals surface area (Å²) in [6.45, 7) is 0.828. The minimum Gasteiger partial charge on any atom is -0.351 e. The first-order chi connectivity index (χ1) is 10.5. The van der Waals surface area contributed by atoms with Crippen LogP contribution in [-0.4, -0.2) is 16.5 Å². The summed E-state index contributed by atoms with van der Waals surface area (Å²) in [5, 5.41) is 9.12. The van der Waals surface area contributed by atoms with Crippen molar-refractivity contribution in [2.75, 3.05) is 11.4 Å². The average Bonchev–Trinajstić information content (AvgIpc) is 2.53. The molecule has 3 heterocycles. The third kappa shape index (κ3) is 2.60. The lowest BCUT2D eigenvalue weighted by Gasteiger charge is -2.30. The SMILES string of the molecule is N#Cc1cccnc1N1CCc2ncc(C(F)(F)F)cc2C1. The molecule has 0 fully saturated rings. The molecule has 2 aromatic heterocycles. The number of nitrogens with zero attached hydrogens (tertiary/aromatic N) is 4. The van der Waals surface area contributed by atoms with Gasteiger partial charge in [0.15, 0.2) is 0 Å². The topological polar surface area (TPSA) is 52.8 Å². The zero-order valence-electron chi connectivity index (χ0n) is 11.4. The summed E-state index contributed by atoms with van der Waals surface area (Å²) in [6, 6.07) is 6.48. The van der Waals surface area contributed by atoms with E-state index >= 15 is 0 Å². The molecule has 0 aromatic carbocycles. The van der Waals surface area contributed by atoms with Crippen molar-refractivity contribution in [3.63, 3.8) is 0 Å². The number of anilines is 1. The van der Waals surface area contributed by atoms with Crippen LogP contribution in [-0.2, 0) is 19.1 Å². The maximum absolute atomic E-state index is 12.8. The van der Waals surface area contributed by atoms with Crippen LogP contribution < -0.4 is 4.90 Å². The second-order valence-corrected chi connectivity index (χ2v) is 4.99. The molecule has 112 valence electrons. The van der Waals surface area contributed by atoms with Crippen molar-refractivity contribution in [3.05, 3.63) is 53.0 Å². The van der Waals surface area contributed by atoms with Gasteiger partial charge >= 0.3 is 6.18 Å². The van der Waals surface area contributed by atoms with Gasteiger partial charge in [-0.3, -0.25) is 4.98 Å². The van der Waals surface area contributed by atoms with Gasteiger partial charge in [-0.25, -0.2) is 4.98 Å². The summed E-state index contributed by atoms with van der Waals surface area (Å²) in [7, 11) is 0. The molecule has 0 saturated carbocycles. The molecule has 0 spiro atoms. The smallest absolute Gasteiger partial charge is 0.351 e. The summed E-state index contributed by atoms with van der Waals surface area (Å²) in [5.74, 6) is 0.494. The van der Waals surface area contributed by atoms with E-state index in [9.17, 15) is 13.2 Å². The summed E-state index contributed by atoms with van der Waals surface area (Å²) < 4.78 is 38.4. The van der Waals surface area contributed by atoms with Crippen LogP contribution in [0.2, 0.25) is 0 Å². The van der Waals surface area contributed by atoms with Crippen molar-refractivity contribution in [2.45, 2.75) is 19.1 Å². The molecule has 0 unspecified atom stereocenters. The molecule has 0 atom stereocenters. The molecule has 0 N–H and O–H groups in total. The van der Waals surface area contributed by atoms with E-state index < -0.39 is 11.7 Å². The molecule has 1 aliphatic heterocycles. The van der Waals surface area contributed by atoms with Crippen molar-refractivity contribution in [1.82, 2.24) is 9.97 Å². The number of fused-ring (bicyclic) bond motifs is 1. The van der Waals surface area contributed by atoms with E-state index in [1.165, 1.54) is 0 Å². The maximum atomic E-state index is 12.8. The number of hydrogen-bond acceptors (Lipinski definition) is 4. The van der Waals surface area contributed by atoms with Gasteiger partial charge < -0.3 is 4.90 Å². The molecule has 2 aromatic rings. The Kier molecular flexibility index (Phi) is 3.45. The Morgan fingerprint density at radius 3 is 2.82 bits per heavy atom. The Hall–Kier alpha value is -2.62. The first-order valence-electron chi connectivity index (χ1n) is 6.64. The minimum atomic E-state index is -4.41. The van der Waals surface area contributed by atoms with Gasteiger partial charge in [0.2, 0.25) is 0 Å². The Labute approximate surface area is 124 Å². The molecular formula is C15H11F3N4. The van der Waals surface area contributed by atoms with Gasteiger partial charge in [0.25, 0.3) is 0 Å². The fraction of sp³-hybridized carbons (Fsp3) is 0.267. The Bertz CT molecular complexity index is 749. The van der Waals surface area contributed by atoms with Crippen molar-refractivity contribution in [2.24, 2.45) is 0 Å². The molecule has 0 bridgehead atoms. The largest absolute Gasteiger partial charge is 0.417 e. The van der Waals surface area contributed by atoms with Gasteiger partial charge in [0.1, 0.15) is 11.9 Å². The fourth-order valence-corrected chi connectivity index (χ4v) is 2.50. The maximum Gasteiger partial charge on any atom is 0.417 e. The molecular weight excluding hydrogens is 293 g/mol. The van der Waals surface area contributed by atoms with E-state index in [0.717, 1.165) is 12.3 Å². The van der Waals surface area contributed by atoms with E-state index in [2.05, 4.69) is 16.0 Å². The fourth-order valence-electron chi connectivity index (χ4n) is 2.50. The Morgan fingerprint density at radius 1 is 1.27 bits per heavy atom. The quantitative estimate of drug-likeness (QED) is 0.813. The molecule has 0 aliphatic carbocycles. The zero-order valence-corrected chi connectivity index (χ0v) is 11.4. The predicted octanol–water partition coefficient (Wildman–Crippen LogP) is 2.93. The van der Waals surface area contributed by atoms with E-state index in [4.69, 9.17) is 5.26 Å². The van der Waals surface area contributed by atoms with Crippen molar-refractivity contribution in [1.29, 1.82) is 5.26 Å². The van der Waals surface area contributed by atoms with E-state index in [-0.39, 0.29) is 6.54 Å². The first kappa shape index (κ1) is 14.3. The normalized spacial score (nSPS) is 14.4. The molecule has 0 amide bonds. The van der Waals surface area contributed by atoms with Crippen LogP contribution in [0.15, 0.2) is 30.6 Å². The van der Waals surface area contributed by atoms with Gasteiger partial charge in [0, 0.05) is 37.6 Å². The first-order valence-corrected chi connectivity index (χ1v) is 6.64. The number of aromatic nitrogens is 2. The minimum absolute atomic E-state index is 0.262. The van der Waals surface area contributed by atoms with Gasteiger partial charge in [-0.05, 0) is 23.8 Å². The Balaban J connectivity index is 1.95. The summed E-state index contributed by atoms with van der Waals surface area (Å²) >= 11 is 0. The lowest BCUT2D eigenvalue weighted by Crippen LogP contribution is -2.32. The Morgan fingerprint density at radius 2 is 2.09 bits per heavy atom. The second-order valence-electron chi connectivity index (χ2n) is 4.99. The van der Waals surface area contributed by atoms with Crippen molar-refractivity contribution < 1.29 is 13.2 Å². The number of pyridine rings is 2. The molecule has 3 rings (SSSR count). The highest BCUT2D eigenvalue weighted by molar-refractivity contribution is 5.55. The average molecular weight is 304 g/mol. The van der Waals surface area contributed by atoms with Crippen LogP contribution in [0.1, 0.15) is 22.4 Å². The number of halogens is 3. The van der Waals surface area contributed by atoms with Gasteiger partial charge in [-0.1, -0.05) is 0 Å². The standard InChI is InChI=1S/C15H11F3N4/c16-15(17,18)12-6-11-9-22(5-3-13(11)21-8-12)14-10(7-19)2-1-4-20-14/h1-2,4,6,8H,3,5,9H2. The molecule has 1 aliphatic rings. The summed E-state index contributed by atoms with van der Waals surface area (Å²) in [6.07, 6.45) is -1.45. The van der Waals surface area contributed by atoms with Gasteiger partial charge in [-0.2, -0.15) is 18.4 Å². The molecule has 7 heteroatoms. The van der Waals surface area contributed by atoms with Crippen LogP contribution in [0, 0.1) is 11.3 Å². The summed E-state index contributed by atoms with van der Waals surface area (Å²) in [5.41, 5.74) is 0.842. The number of alkyl halides is 3. The molecule has 4 nitrogen and oxygen atoms in total. The van der Waals surface area contributed by atoms with Crippen molar-refractivity contribution >= 4 is 5.82 Å². The number of nitriles is 1. The second kappa shape index (κ2) is 5.30. The van der Waals surface area contributed by atoms with E-state index in [1.807, 2.05) is 4.90 Å². The highest BCUT2D eigenvalue weighted by Crippen LogP contribution is 2.32. The zero-order chi connectivity index (χ0) is 15.7. The van der Waals surface area contributed by atoms with Crippen LogP contribution in [0.5, 0.6) is 0 Å². The van der Waals surface area contributed by atoms with Gasteiger partial charge in [-0.15, -0.1) is 0 Å². The van der Waals surface area contributed by atoms with Crippen LogP contribution >= 0.6 is 0 Å². The van der Waals surface area contributed by atoms with E-state index in [0.29, 0.717) is 35.6 Å². The summed E-state index contributed by atoms with van der Waals surface area (Å²) in [4.78, 5) is 9.91. The van der Waals surface area contributed by atoms with Crippen LogP contribution in [0.25, 0.3) is 0 Å². The van der Waals surface area contributed by atoms with E-state index in [1.54, 1.807) is 18.3 Å². The van der Waals surface area contributed by atoms with Crippen molar-refractivity contribution in [3.8, 4) is 6.07 Å². The molecule has 22 heavy (non-hydrogen) atoms. The lowest BCUT2D eigenvalue weighted by atomic mass is 10.0.